The molecule has 21 heavy (non-hydrogen) atoms. The lowest BCUT2D eigenvalue weighted by Gasteiger charge is -2.22. The van der Waals surface area contributed by atoms with Gasteiger partial charge in [0.25, 0.3) is 5.91 Å². The molecule has 1 amide bonds. The number of aromatic nitrogens is 2. The molecular weight excluding hydrogens is 264 g/mol. The Morgan fingerprint density at radius 2 is 1.95 bits per heavy atom. The Morgan fingerprint density at radius 1 is 1.19 bits per heavy atom. The SMILES string of the molecule is Cc1cnc(C(=O)N(CCCN)Cc2ccccc2)cn1. The zero-order chi connectivity index (χ0) is 15.1. The lowest BCUT2D eigenvalue weighted by Crippen LogP contribution is -2.33. The van der Waals surface area contributed by atoms with Crippen LogP contribution >= 0.6 is 0 Å². The van der Waals surface area contributed by atoms with Crippen LogP contribution in [0.25, 0.3) is 0 Å². The first-order valence-corrected chi connectivity index (χ1v) is 7.02. The molecule has 0 aliphatic rings. The average Bonchev–Trinajstić information content (AvgIpc) is 2.52. The predicted molar refractivity (Wildman–Crippen MR) is 81.6 cm³/mol. The number of amides is 1. The van der Waals surface area contributed by atoms with Crippen LogP contribution < -0.4 is 5.73 Å². The maximum atomic E-state index is 12.5. The van der Waals surface area contributed by atoms with Crippen LogP contribution in [0.1, 0.15) is 28.2 Å². The van der Waals surface area contributed by atoms with Crippen molar-refractivity contribution in [1.82, 2.24) is 14.9 Å². The molecule has 0 unspecified atom stereocenters. The first kappa shape index (κ1) is 15.1. The third kappa shape index (κ3) is 4.36. The van der Waals surface area contributed by atoms with E-state index in [0.29, 0.717) is 25.3 Å². The van der Waals surface area contributed by atoms with Crippen LogP contribution in [0, 0.1) is 6.92 Å². The molecule has 2 rings (SSSR count). The number of hydrogen-bond donors (Lipinski definition) is 1. The van der Waals surface area contributed by atoms with Crippen LogP contribution in [0.3, 0.4) is 0 Å². The van der Waals surface area contributed by atoms with Crippen molar-refractivity contribution >= 4 is 5.91 Å². The molecule has 0 spiro atoms. The Labute approximate surface area is 124 Å². The van der Waals surface area contributed by atoms with Gasteiger partial charge < -0.3 is 10.6 Å². The summed E-state index contributed by atoms with van der Waals surface area (Å²) in [5.41, 5.74) is 7.81. The van der Waals surface area contributed by atoms with Gasteiger partial charge in [0.15, 0.2) is 0 Å². The molecule has 1 aromatic heterocycles. The van der Waals surface area contributed by atoms with E-state index in [4.69, 9.17) is 5.73 Å². The highest BCUT2D eigenvalue weighted by atomic mass is 16.2. The van der Waals surface area contributed by atoms with Gasteiger partial charge in [-0.05, 0) is 25.5 Å². The molecule has 110 valence electrons. The summed E-state index contributed by atoms with van der Waals surface area (Å²) < 4.78 is 0. The molecular formula is C16H20N4O. The van der Waals surface area contributed by atoms with Crippen LogP contribution in [-0.2, 0) is 6.54 Å². The number of carbonyl (C=O) groups excluding carboxylic acids is 1. The molecule has 1 heterocycles. The molecule has 0 bridgehead atoms. The van der Waals surface area contributed by atoms with Gasteiger partial charge in [0.2, 0.25) is 0 Å². The monoisotopic (exact) mass is 284 g/mol. The van der Waals surface area contributed by atoms with Crippen molar-refractivity contribution in [3.63, 3.8) is 0 Å². The van der Waals surface area contributed by atoms with Crippen molar-refractivity contribution in [2.24, 2.45) is 5.73 Å². The summed E-state index contributed by atoms with van der Waals surface area (Å²) in [7, 11) is 0. The molecule has 0 radical (unpaired) electrons. The number of carbonyl (C=O) groups is 1. The van der Waals surface area contributed by atoms with Gasteiger partial charge in [0, 0.05) is 19.3 Å². The van der Waals surface area contributed by atoms with Crippen molar-refractivity contribution < 1.29 is 4.79 Å². The van der Waals surface area contributed by atoms with E-state index in [2.05, 4.69) is 9.97 Å². The zero-order valence-electron chi connectivity index (χ0n) is 12.2. The van der Waals surface area contributed by atoms with Crippen LogP contribution in [0.15, 0.2) is 42.7 Å². The first-order chi connectivity index (χ1) is 10.2. The Kier molecular flexibility index (Phi) is 5.40. The summed E-state index contributed by atoms with van der Waals surface area (Å²) in [6.07, 6.45) is 3.90. The second kappa shape index (κ2) is 7.50. The number of nitrogens with zero attached hydrogens (tertiary/aromatic N) is 3. The van der Waals surface area contributed by atoms with Gasteiger partial charge in [0.05, 0.1) is 11.9 Å². The molecule has 0 saturated carbocycles. The molecule has 0 fully saturated rings. The maximum Gasteiger partial charge on any atom is 0.274 e. The van der Waals surface area contributed by atoms with Gasteiger partial charge in [-0.1, -0.05) is 30.3 Å². The van der Waals surface area contributed by atoms with E-state index in [9.17, 15) is 4.79 Å². The summed E-state index contributed by atoms with van der Waals surface area (Å²) in [5.74, 6) is -0.111. The van der Waals surface area contributed by atoms with Gasteiger partial charge in [-0.2, -0.15) is 0 Å². The number of benzene rings is 1. The Bertz CT molecular complexity index is 569. The van der Waals surface area contributed by atoms with E-state index in [0.717, 1.165) is 17.7 Å². The fraction of sp³-hybridized carbons (Fsp3) is 0.312. The number of rotatable bonds is 6. The highest BCUT2D eigenvalue weighted by molar-refractivity contribution is 5.91. The van der Waals surface area contributed by atoms with E-state index < -0.39 is 0 Å². The second-order valence-electron chi connectivity index (χ2n) is 4.90. The van der Waals surface area contributed by atoms with Gasteiger partial charge in [0.1, 0.15) is 5.69 Å². The van der Waals surface area contributed by atoms with Crippen molar-refractivity contribution in [2.75, 3.05) is 13.1 Å². The smallest absolute Gasteiger partial charge is 0.274 e. The third-order valence-electron chi connectivity index (χ3n) is 3.14. The van der Waals surface area contributed by atoms with E-state index in [1.807, 2.05) is 37.3 Å². The minimum absolute atomic E-state index is 0.111. The minimum atomic E-state index is -0.111. The van der Waals surface area contributed by atoms with Crippen molar-refractivity contribution in [1.29, 1.82) is 0 Å². The highest BCUT2D eigenvalue weighted by Gasteiger charge is 2.17. The molecule has 2 aromatic rings. The molecule has 0 saturated heterocycles. The molecule has 2 N–H and O–H groups in total. The van der Waals surface area contributed by atoms with Crippen LogP contribution in [0.5, 0.6) is 0 Å². The summed E-state index contributed by atoms with van der Waals surface area (Å²) in [4.78, 5) is 22.6. The minimum Gasteiger partial charge on any atom is -0.333 e. The average molecular weight is 284 g/mol. The zero-order valence-corrected chi connectivity index (χ0v) is 12.2. The number of aryl methyl sites for hydroxylation is 1. The molecule has 5 nitrogen and oxygen atoms in total. The van der Waals surface area contributed by atoms with E-state index >= 15 is 0 Å². The van der Waals surface area contributed by atoms with Crippen molar-refractivity contribution in [3.05, 3.63) is 59.7 Å². The lowest BCUT2D eigenvalue weighted by molar-refractivity contribution is 0.0736. The lowest BCUT2D eigenvalue weighted by atomic mass is 10.2. The standard InChI is InChI=1S/C16H20N4O/c1-13-10-19-15(11-18-13)16(21)20(9-5-8-17)12-14-6-3-2-4-7-14/h2-4,6-7,10-11H,5,8-9,12,17H2,1H3. The van der Waals surface area contributed by atoms with Crippen molar-refractivity contribution in [2.45, 2.75) is 19.9 Å². The normalized spacial score (nSPS) is 10.4. The van der Waals surface area contributed by atoms with Crippen LogP contribution in [0.2, 0.25) is 0 Å². The first-order valence-electron chi connectivity index (χ1n) is 7.02. The molecule has 0 aliphatic heterocycles. The second-order valence-corrected chi connectivity index (χ2v) is 4.90. The Balaban J connectivity index is 2.14. The Hall–Kier alpha value is -2.27. The predicted octanol–water partition coefficient (Wildman–Crippen LogP) is 1.78. The summed E-state index contributed by atoms with van der Waals surface area (Å²) in [6.45, 7) is 3.56. The van der Waals surface area contributed by atoms with Gasteiger partial charge >= 0.3 is 0 Å². The van der Waals surface area contributed by atoms with Gasteiger partial charge in [-0.3, -0.25) is 9.78 Å². The summed E-state index contributed by atoms with van der Waals surface area (Å²) >= 11 is 0. The van der Waals surface area contributed by atoms with E-state index in [1.165, 1.54) is 6.20 Å². The number of nitrogens with two attached hydrogens (primary N) is 1. The van der Waals surface area contributed by atoms with E-state index in [1.54, 1.807) is 11.1 Å². The van der Waals surface area contributed by atoms with E-state index in [-0.39, 0.29) is 5.91 Å². The summed E-state index contributed by atoms with van der Waals surface area (Å²) in [5, 5.41) is 0. The van der Waals surface area contributed by atoms with Crippen LogP contribution in [-0.4, -0.2) is 33.9 Å². The van der Waals surface area contributed by atoms with Crippen LogP contribution in [0.4, 0.5) is 0 Å². The van der Waals surface area contributed by atoms with Gasteiger partial charge in [-0.15, -0.1) is 0 Å². The molecule has 0 aliphatic carbocycles. The molecule has 1 aromatic carbocycles. The molecule has 0 atom stereocenters. The largest absolute Gasteiger partial charge is 0.333 e. The summed E-state index contributed by atoms with van der Waals surface area (Å²) in [6, 6.07) is 9.90. The molecule has 5 heteroatoms. The Morgan fingerprint density at radius 3 is 2.57 bits per heavy atom. The quantitative estimate of drug-likeness (QED) is 0.877. The topological polar surface area (TPSA) is 72.1 Å². The van der Waals surface area contributed by atoms with Crippen molar-refractivity contribution in [3.8, 4) is 0 Å². The third-order valence-corrected chi connectivity index (χ3v) is 3.14. The fourth-order valence-electron chi connectivity index (χ4n) is 2.00. The fourth-order valence-corrected chi connectivity index (χ4v) is 2.00. The maximum absolute atomic E-state index is 12.5. The number of hydrogen-bond acceptors (Lipinski definition) is 4. The van der Waals surface area contributed by atoms with Gasteiger partial charge in [-0.25, -0.2) is 4.98 Å². The highest BCUT2D eigenvalue weighted by Crippen LogP contribution is 2.09.